The summed E-state index contributed by atoms with van der Waals surface area (Å²) in [7, 11) is 0. The Kier molecular flexibility index (Phi) is 20.9. The summed E-state index contributed by atoms with van der Waals surface area (Å²) in [5.74, 6) is 0. The molecule has 0 amide bonds. The van der Waals surface area contributed by atoms with Crippen LogP contribution < -0.4 is 0 Å². The zero-order valence-electron chi connectivity index (χ0n) is 19.2. The molecule has 0 aromatic carbocycles. The van der Waals surface area contributed by atoms with Crippen LogP contribution in [0.5, 0.6) is 0 Å². The first-order valence-corrected chi connectivity index (χ1v) is 17.1. The third-order valence-electron chi connectivity index (χ3n) is 2.93. The van der Waals surface area contributed by atoms with E-state index in [0.717, 1.165) is 0 Å². The summed E-state index contributed by atoms with van der Waals surface area (Å²) < 4.78 is 26.8. The molecule has 0 bridgehead atoms. The maximum atomic E-state index is 5.89. The molecule has 0 aliphatic heterocycles. The van der Waals surface area contributed by atoms with Crippen LogP contribution in [0, 0.1) is 0 Å². The van der Waals surface area contributed by atoms with Gasteiger partial charge in [0, 0.05) is 0 Å². The van der Waals surface area contributed by atoms with E-state index in [4.69, 9.17) is 13.3 Å². The van der Waals surface area contributed by atoms with Gasteiger partial charge in [0.15, 0.2) is 0 Å². The van der Waals surface area contributed by atoms with E-state index in [-0.39, 0.29) is 45.6 Å². The van der Waals surface area contributed by atoms with E-state index in [1.807, 2.05) is 55.4 Å². The first kappa shape index (κ1) is 29.6. The average molecular weight is 517 g/mol. The van der Waals surface area contributed by atoms with Crippen molar-refractivity contribution in [3.05, 3.63) is 0 Å². The van der Waals surface area contributed by atoms with Crippen molar-refractivity contribution in [2.24, 2.45) is 0 Å². The molecular weight excluding hydrogens is 471 g/mol. The Bertz CT molecular complexity index is 248. The fourth-order valence-electron chi connectivity index (χ4n) is 2.05. The molecule has 6 heteroatoms. The van der Waals surface area contributed by atoms with Gasteiger partial charge in [-0.05, 0) is 0 Å². The minimum absolute atomic E-state index is 0.0336. The number of rotatable bonds is 14. The number of hydrogen-bond donors (Lipinski definition) is 0. The number of unbranched alkanes of at least 4 members (excludes halogenated alkanes) is 2. The monoisotopic (exact) mass is 518 g/mol. The molecule has 0 rings (SSSR count). The summed E-state index contributed by atoms with van der Waals surface area (Å²) in [5, 5.41) is 0. The molecule has 0 heterocycles. The molecule has 0 aliphatic rings. The molecule has 0 aliphatic carbocycles. The van der Waals surface area contributed by atoms with E-state index >= 15 is 0 Å². The average Bonchev–Trinajstić information content (AvgIpc) is 2.44. The molecule has 4 nitrogen and oxygen atoms in total. The normalized spacial score (nSPS) is 12.2. The summed E-state index contributed by atoms with van der Waals surface area (Å²) in [6, 6.07) is 0. The first-order chi connectivity index (χ1) is 12.1. The quantitative estimate of drug-likeness (QED) is 0.192. The predicted molar refractivity (Wildman–Crippen MR) is 110 cm³/mol. The molecule has 0 aromatic rings. The predicted octanol–water partition coefficient (Wildman–Crippen LogP) is 6.63. The Morgan fingerprint density at radius 2 is 0.846 bits per heavy atom. The van der Waals surface area contributed by atoms with Crippen LogP contribution in [0.25, 0.3) is 0 Å². The van der Waals surface area contributed by atoms with Crippen molar-refractivity contribution in [3.8, 4) is 0 Å². The van der Waals surface area contributed by atoms with Gasteiger partial charge in [-0.1, -0.05) is 0 Å². The zero-order valence-corrected chi connectivity index (χ0v) is 23.6. The van der Waals surface area contributed by atoms with Crippen LogP contribution in [0.15, 0.2) is 0 Å². The summed E-state index contributed by atoms with van der Waals surface area (Å²) >= 11 is -3.47. The van der Waals surface area contributed by atoms with Gasteiger partial charge < -0.3 is 0 Å². The van der Waals surface area contributed by atoms with Crippen LogP contribution in [0.2, 0.25) is 8.87 Å². The van der Waals surface area contributed by atoms with Gasteiger partial charge in [0.2, 0.25) is 0 Å². The summed E-state index contributed by atoms with van der Waals surface area (Å²) in [4.78, 5) is 0. The molecule has 0 aromatic heterocycles. The zero-order chi connectivity index (χ0) is 20.6. The SMILES string of the molecule is CC(C)[O][Ti]([O]C(C)C)([O]C(C)C)[O]C(C)C.CCC[CH2][Sn][CH2]CCC. The van der Waals surface area contributed by atoms with Crippen molar-refractivity contribution >= 4 is 21.1 Å². The van der Waals surface area contributed by atoms with Crippen molar-refractivity contribution in [1.82, 2.24) is 0 Å². The number of hydrogen-bond acceptors (Lipinski definition) is 4. The van der Waals surface area contributed by atoms with Crippen molar-refractivity contribution in [1.29, 1.82) is 0 Å². The van der Waals surface area contributed by atoms with Gasteiger partial charge in [-0.2, -0.15) is 0 Å². The van der Waals surface area contributed by atoms with Gasteiger partial charge in [-0.3, -0.25) is 0 Å². The fraction of sp³-hybridized carbons (Fsp3) is 1.00. The Morgan fingerprint density at radius 3 is 1.04 bits per heavy atom. The molecule has 0 atom stereocenters. The van der Waals surface area contributed by atoms with E-state index in [9.17, 15) is 0 Å². The Balaban J connectivity index is 0. The third kappa shape index (κ3) is 20.1. The van der Waals surface area contributed by atoms with Crippen molar-refractivity contribution in [2.75, 3.05) is 0 Å². The fourth-order valence-corrected chi connectivity index (χ4v) is 10.3. The first-order valence-electron chi connectivity index (χ1n) is 10.5. The molecule has 0 unspecified atom stereocenters. The van der Waals surface area contributed by atoms with E-state index in [0.29, 0.717) is 0 Å². The summed E-state index contributed by atoms with van der Waals surface area (Å²) in [6.45, 7) is 20.3. The van der Waals surface area contributed by atoms with Crippen LogP contribution in [0.1, 0.15) is 94.9 Å². The van der Waals surface area contributed by atoms with Crippen molar-refractivity contribution in [2.45, 2.75) is 128 Å². The standard InChI is InChI=1S/2C4H9.4C3H7O.Sn.Ti/c2*1-3-4-2;4*1-3(2)4;;/h2*1,3-4H2,2H3;4*3H,1-2H3;;/q;;4*-1;;+4. The maximum absolute atomic E-state index is 5.89. The molecule has 26 heavy (non-hydrogen) atoms. The summed E-state index contributed by atoms with van der Waals surface area (Å²) in [6.07, 6.45) is 5.97. The van der Waals surface area contributed by atoms with Crippen molar-refractivity contribution < 1.29 is 31.4 Å². The molecule has 0 spiro atoms. The molecular formula is C20H46O4SnTi. The van der Waals surface area contributed by atoms with E-state index in [1.165, 1.54) is 25.7 Å². The van der Waals surface area contributed by atoms with Crippen LogP contribution in [0.4, 0.5) is 0 Å². The van der Waals surface area contributed by atoms with Gasteiger partial charge in [0.1, 0.15) is 0 Å². The Hall–Kier alpha value is 1.35. The Morgan fingerprint density at radius 1 is 0.577 bits per heavy atom. The van der Waals surface area contributed by atoms with Crippen LogP contribution in [0.3, 0.4) is 0 Å². The van der Waals surface area contributed by atoms with Gasteiger partial charge in [0.25, 0.3) is 0 Å². The third-order valence-corrected chi connectivity index (χ3v) is 11.7. The molecule has 0 N–H and O–H groups in total. The van der Waals surface area contributed by atoms with E-state index < -0.39 is 18.1 Å². The minimum atomic E-state index is -3.62. The second-order valence-corrected chi connectivity index (χ2v) is 14.9. The molecule has 0 saturated carbocycles. The Labute approximate surface area is 179 Å². The molecule has 0 fully saturated rings. The van der Waals surface area contributed by atoms with Gasteiger partial charge in [0.05, 0.1) is 0 Å². The van der Waals surface area contributed by atoms with E-state index in [1.54, 1.807) is 8.87 Å². The molecule has 2 radical (unpaired) electrons. The molecule has 158 valence electrons. The topological polar surface area (TPSA) is 36.9 Å². The van der Waals surface area contributed by atoms with Crippen LogP contribution in [-0.4, -0.2) is 45.6 Å². The summed E-state index contributed by atoms with van der Waals surface area (Å²) in [5.41, 5.74) is 0. The van der Waals surface area contributed by atoms with Gasteiger partial charge in [-0.15, -0.1) is 0 Å². The second kappa shape index (κ2) is 18.4. The van der Waals surface area contributed by atoms with Crippen LogP contribution >= 0.6 is 0 Å². The van der Waals surface area contributed by atoms with Crippen molar-refractivity contribution in [3.63, 3.8) is 0 Å². The van der Waals surface area contributed by atoms with Gasteiger partial charge in [-0.25, -0.2) is 0 Å². The molecule has 0 saturated heterocycles. The van der Waals surface area contributed by atoms with Crippen LogP contribution in [-0.2, 0) is 31.4 Å². The second-order valence-electron chi connectivity index (χ2n) is 7.62. The van der Waals surface area contributed by atoms with E-state index in [2.05, 4.69) is 13.8 Å². The van der Waals surface area contributed by atoms with Gasteiger partial charge >= 0.3 is 181 Å².